The van der Waals surface area contributed by atoms with Gasteiger partial charge in [0, 0.05) is 12.1 Å². The SMILES string of the molecule is COc1ccc(C2(C(=O)NC(Cc3ccc(NS(=O)(=O)c4c(C)cc(C)cc4C)cc3)C(=O)O)CCCCC2)cc1. The summed E-state index contributed by atoms with van der Waals surface area (Å²) >= 11 is 0. The average molecular weight is 579 g/mol. The predicted molar refractivity (Wildman–Crippen MR) is 159 cm³/mol. The number of methoxy groups -OCH3 is 1. The van der Waals surface area contributed by atoms with E-state index in [1.54, 1.807) is 45.2 Å². The molecule has 4 rings (SSSR count). The Morgan fingerprint density at radius 3 is 2.05 bits per heavy atom. The van der Waals surface area contributed by atoms with Gasteiger partial charge in [0.25, 0.3) is 10.0 Å². The van der Waals surface area contributed by atoms with E-state index in [-0.39, 0.29) is 17.2 Å². The van der Waals surface area contributed by atoms with E-state index in [2.05, 4.69) is 10.0 Å². The number of rotatable bonds is 10. The number of ether oxygens (including phenoxy) is 1. The number of sulfonamides is 1. The number of hydrogen-bond acceptors (Lipinski definition) is 5. The quantitative estimate of drug-likeness (QED) is 0.295. The molecule has 0 spiro atoms. The minimum atomic E-state index is -3.82. The monoisotopic (exact) mass is 578 g/mol. The fraction of sp³-hybridized carbons (Fsp3) is 0.375. The molecule has 218 valence electrons. The molecule has 3 N–H and O–H groups in total. The lowest BCUT2D eigenvalue weighted by atomic mass is 9.68. The Morgan fingerprint density at radius 1 is 0.927 bits per heavy atom. The van der Waals surface area contributed by atoms with E-state index in [0.717, 1.165) is 30.4 Å². The zero-order chi connectivity index (χ0) is 29.8. The number of hydrogen-bond donors (Lipinski definition) is 3. The molecular formula is C32H38N2O6S. The number of nitrogens with one attached hydrogen (secondary N) is 2. The van der Waals surface area contributed by atoms with Crippen LogP contribution in [-0.4, -0.2) is 38.6 Å². The highest BCUT2D eigenvalue weighted by Gasteiger charge is 2.42. The summed E-state index contributed by atoms with van der Waals surface area (Å²) in [5.41, 5.74) is 3.40. The number of benzene rings is 3. The van der Waals surface area contributed by atoms with Crippen LogP contribution in [0, 0.1) is 20.8 Å². The first kappa shape index (κ1) is 30.1. The van der Waals surface area contributed by atoms with Gasteiger partial charge in [-0.05, 0) is 80.1 Å². The lowest BCUT2D eigenvalue weighted by molar-refractivity contribution is -0.143. The average Bonchev–Trinajstić information content (AvgIpc) is 2.93. The number of amides is 1. The Bertz CT molecular complexity index is 1490. The molecule has 1 aliphatic carbocycles. The van der Waals surface area contributed by atoms with Crippen molar-refractivity contribution in [3.63, 3.8) is 0 Å². The maximum Gasteiger partial charge on any atom is 0.326 e. The smallest absolute Gasteiger partial charge is 0.326 e. The summed E-state index contributed by atoms with van der Waals surface area (Å²) in [6.45, 7) is 5.46. The van der Waals surface area contributed by atoms with Gasteiger partial charge in [-0.2, -0.15) is 0 Å². The molecule has 0 saturated heterocycles. The third kappa shape index (κ3) is 6.73. The van der Waals surface area contributed by atoms with Crippen molar-refractivity contribution in [2.24, 2.45) is 0 Å². The van der Waals surface area contributed by atoms with Crippen molar-refractivity contribution >= 4 is 27.6 Å². The molecule has 1 saturated carbocycles. The highest BCUT2D eigenvalue weighted by atomic mass is 32.2. The van der Waals surface area contributed by atoms with E-state index in [4.69, 9.17) is 4.74 Å². The van der Waals surface area contributed by atoms with Crippen LogP contribution in [0.2, 0.25) is 0 Å². The molecule has 0 radical (unpaired) electrons. The lowest BCUT2D eigenvalue weighted by Crippen LogP contribution is -2.52. The molecule has 0 bridgehead atoms. The van der Waals surface area contributed by atoms with Gasteiger partial charge in [0.05, 0.1) is 17.4 Å². The molecule has 41 heavy (non-hydrogen) atoms. The van der Waals surface area contributed by atoms with Crippen molar-refractivity contribution < 1.29 is 27.9 Å². The summed E-state index contributed by atoms with van der Waals surface area (Å²) < 4.78 is 34.1. The maximum absolute atomic E-state index is 13.7. The van der Waals surface area contributed by atoms with E-state index < -0.39 is 27.4 Å². The molecule has 1 fully saturated rings. The Balaban J connectivity index is 1.50. The normalized spacial score (nSPS) is 15.5. The molecule has 1 unspecified atom stereocenters. The van der Waals surface area contributed by atoms with Crippen LogP contribution in [-0.2, 0) is 31.4 Å². The van der Waals surface area contributed by atoms with Crippen LogP contribution >= 0.6 is 0 Å². The van der Waals surface area contributed by atoms with E-state index in [0.29, 0.717) is 41.0 Å². The van der Waals surface area contributed by atoms with E-state index in [1.165, 1.54) is 0 Å². The van der Waals surface area contributed by atoms with Gasteiger partial charge in [-0.1, -0.05) is 61.2 Å². The number of carbonyl (C=O) groups is 2. The molecule has 0 heterocycles. The molecule has 1 aliphatic rings. The maximum atomic E-state index is 13.7. The third-order valence-electron chi connectivity index (χ3n) is 7.91. The Morgan fingerprint density at radius 2 is 1.51 bits per heavy atom. The number of aryl methyl sites for hydroxylation is 3. The standard InChI is InChI=1S/C32H38N2O6S/c1-21-18-22(2)29(23(3)19-21)41(38,39)34-26-12-8-24(9-13-26)20-28(30(35)36)33-31(37)32(16-6-5-7-17-32)25-10-14-27(40-4)15-11-25/h8-15,18-19,28,34H,5-7,16-17,20H2,1-4H3,(H,33,37)(H,35,36). The van der Waals surface area contributed by atoms with Gasteiger partial charge in [0.1, 0.15) is 11.8 Å². The minimum Gasteiger partial charge on any atom is -0.497 e. The summed E-state index contributed by atoms with van der Waals surface area (Å²) in [7, 11) is -2.23. The molecule has 9 heteroatoms. The molecule has 0 aliphatic heterocycles. The van der Waals surface area contributed by atoms with Crippen molar-refractivity contribution in [3.8, 4) is 5.75 Å². The molecule has 3 aromatic rings. The summed E-state index contributed by atoms with van der Waals surface area (Å²) in [6.07, 6.45) is 4.15. The van der Waals surface area contributed by atoms with Gasteiger partial charge in [-0.25, -0.2) is 13.2 Å². The van der Waals surface area contributed by atoms with Crippen LogP contribution in [0.4, 0.5) is 5.69 Å². The Labute approximate surface area is 242 Å². The molecular weight excluding hydrogens is 540 g/mol. The highest BCUT2D eigenvalue weighted by Crippen LogP contribution is 2.40. The van der Waals surface area contributed by atoms with Crippen molar-refractivity contribution in [1.29, 1.82) is 0 Å². The van der Waals surface area contributed by atoms with Gasteiger partial charge >= 0.3 is 5.97 Å². The molecule has 0 aromatic heterocycles. The molecule has 1 atom stereocenters. The van der Waals surface area contributed by atoms with Crippen LogP contribution in [0.15, 0.2) is 65.6 Å². The fourth-order valence-electron chi connectivity index (χ4n) is 5.95. The second-order valence-electron chi connectivity index (χ2n) is 11.0. The highest BCUT2D eigenvalue weighted by molar-refractivity contribution is 7.92. The van der Waals surface area contributed by atoms with Crippen molar-refractivity contribution in [1.82, 2.24) is 5.32 Å². The number of carboxylic acid groups (broad SMARTS) is 1. The number of anilines is 1. The second-order valence-corrected chi connectivity index (χ2v) is 12.6. The van der Waals surface area contributed by atoms with Gasteiger partial charge in [-0.3, -0.25) is 9.52 Å². The van der Waals surface area contributed by atoms with Gasteiger partial charge in [0.15, 0.2) is 0 Å². The summed E-state index contributed by atoms with van der Waals surface area (Å²) in [5, 5.41) is 12.8. The zero-order valence-corrected chi connectivity index (χ0v) is 24.8. The summed E-state index contributed by atoms with van der Waals surface area (Å²) in [4.78, 5) is 26.2. The topological polar surface area (TPSA) is 122 Å². The molecule has 1 amide bonds. The first-order chi connectivity index (χ1) is 19.4. The lowest BCUT2D eigenvalue weighted by Gasteiger charge is -2.37. The first-order valence-corrected chi connectivity index (χ1v) is 15.3. The van der Waals surface area contributed by atoms with Crippen LogP contribution in [0.1, 0.15) is 59.9 Å². The van der Waals surface area contributed by atoms with Crippen LogP contribution < -0.4 is 14.8 Å². The zero-order valence-electron chi connectivity index (χ0n) is 24.0. The van der Waals surface area contributed by atoms with Crippen LogP contribution in [0.25, 0.3) is 0 Å². The number of aliphatic carboxylic acids is 1. The van der Waals surface area contributed by atoms with Gasteiger partial charge in [-0.15, -0.1) is 0 Å². The van der Waals surface area contributed by atoms with Crippen molar-refractivity contribution in [2.45, 2.75) is 75.6 Å². The predicted octanol–water partition coefficient (Wildman–Crippen LogP) is 5.44. The van der Waals surface area contributed by atoms with Crippen LogP contribution in [0.3, 0.4) is 0 Å². The third-order valence-corrected chi connectivity index (χ3v) is 9.59. The summed E-state index contributed by atoms with van der Waals surface area (Å²) in [6, 6.07) is 16.5. The van der Waals surface area contributed by atoms with Crippen LogP contribution in [0.5, 0.6) is 5.75 Å². The van der Waals surface area contributed by atoms with E-state index in [1.807, 2.05) is 43.3 Å². The number of carbonyl (C=O) groups excluding carboxylic acids is 1. The first-order valence-electron chi connectivity index (χ1n) is 13.8. The fourth-order valence-corrected chi connectivity index (χ4v) is 7.46. The van der Waals surface area contributed by atoms with E-state index >= 15 is 0 Å². The Kier molecular flexibility index (Phi) is 9.07. The number of carboxylic acids is 1. The minimum absolute atomic E-state index is 0.0585. The summed E-state index contributed by atoms with van der Waals surface area (Å²) in [5.74, 6) is -0.726. The Hall–Kier alpha value is -3.85. The molecule has 3 aromatic carbocycles. The second kappa shape index (κ2) is 12.3. The van der Waals surface area contributed by atoms with E-state index in [9.17, 15) is 23.1 Å². The molecule has 8 nitrogen and oxygen atoms in total. The van der Waals surface area contributed by atoms with Crippen molar-refractivity contribution in [2.75, 3.05) is 11.8 Å². The largest absolute Gasteiger partial charge is 0.497 e. The van der Waals surface area contributed by atoms with Gasteiger partial charge < -0.3 is 15.2 Å². The van der Waals surface area contributed by atoms with Crippen molar-refractivity contribution in [3.05, 3.63) is 88.5 Å². The van der Waals surface area contributed by atoms with Gasteiger partial charge in [0.2, 0.25) is 5.91 Å².